The van der Waals surface area contributed by atoms with Crippen LogP contribution in [0.25, 0.3) is 0 Å². The van der Waals surface area contributed by atoms with Crippen LogP contribution in [-0.2, 0) is 21.3 Å². The van der Waals surface area contributed by atoms with Crippen molar-refractivity contribution in [2.45, 2.75) is 30.8 Å². The van der Waals surface area contributed by atoms with Gasteiger partial charge in [-0.3, -0.25) is 0 Å². The van der Waals surface area contributed by atoms with Crippen LogP contribution in [0.15, 0.2) is 21.5 Å². The number of rotatable bonds is 7. The Morgan fingerprint density at radius 3 is 2.70 bits per heavy atom. The number of hydrogen-bond donors (Lipinski definition) is 2. The summed E-state index contributed by atoms with van der Waals surface area (Å²) in [6, 6.07) is 2.32. The molecule has 1 rings (SSSR count). The van der Waals surface area contributed by atoms with Crippen LogP contribution in [0.5, 0.6) is 0 Å². The molecule has 5 nitrogen and oxygen atoms in total. The Hall–Kier alpha value is -0.540. The van der Waals surface area contributed by atoms with E-state index < -0.39 is 20.7 Å². The molecular weight excluding hydrogens is 351 g/mol. The zero-order valence-corrected chi connectivity index (χ0v) is 13.7. The zero-order valence-electron chi connectivity index (χ0n) is 11.3. The lowest BCUT2D eigenvalue weighted by Gasteiger charge is -2.15. The van der Waals surface area contributed by atoms with Crippen molar-refractivity contribution in [1.29, 1.82) is 0 Å². The van der Waals surface area contributed by atoms with Gasteiger partial charge in [0.15, 0.2) is 0 Å². The highest BCUT2D eigenvalue weighted by Gasteiger charge is 2.23. The number of hydrogen-bond acceptors (Lipinski definition) is 4. The molecule has 3 N–H and O–H groups in total. The summed E-state index contributed by atoms with van der Waals surface area (Å²) in [5, 5.41) is 0. The van der Waals surface area contributed by atoms with Crippen LogP contribution in [0.2, 0.25) is 0 Å². The van der Waals surface area contributed by atoms with E-state index in [4.69, 9.17) is 10.5 Å². The molecule has 0 amide bonds. The molecule has 1 aromatic carbocycles. The van der Waals surface area contributed by atoms with Gasteiger partial charge < -0.3 is 10.5 Å². The minimum Gasteiger partial charge on any atom is -0.385 e. The SMILES string of the molecule is COCCC(C)NS(=O)(=O)c1cc(Br)cc(CN)c1F. The highest BCUT2D eigenvalue weighted by atomic mass is 79.9. The normalized spacial score (nSPS) is 13.4. The second-order valence-electron chi connectivity index (χ2n) is 4.38. The summed E-state index contributed by atoms with van der Waals surface area (Å²) < 4.78 is 46.3. The van der Waals surface area contributed by atoms with Crippen molar-refractivity contribution >= 4 is 26.0 Å². The molecule has 114 valence electrons. The minimum absolute atomic E-state index is 0.0764. The maximum atomic E-state index is 14.1. The highest BCUT2D eigenvalue weighted by Crippen LogP contribution is 2.24. The molecule has 0 saturated heterocycles. The predicted molar refractivity (Wildman–Crippen MR) is 78.3 cm³/mol. The molecule has 1 aromatic rings. The maximum absolute atomic E-state index is 14.1. The summed E-state index contributed by atoms with van der Waals surface area (Å²) in [5.41, 5.74) is 5.55. The van der Waals surface area contributed by atoms with Gasteiger partial charge in [0.05, 0.1) is 0 Å². The number of nitrogens with two attached hydrogens (primary N) is 1. The third-order valence-electron chi connectivity index (χ3n) is 2.70. The molecule has 8 heteroatoms. The first-order chi connectivity index (χ1) is 9.31. The molecule has 0 aromatic heterocycles. The van der Waals surface area contributed by atoms with E-state index in [1.54, 1.807) is 6.92 Å². The topological polar surface area (TPSA) is 81.4 Å². The van der Waals surface area contributed by atoms with Gasteiger partial charge in [0.25, 0.3) is 0 Å². The lowest BCUT2D eigenvalue weighted by Crippen LogP contribution is -2.34. The van der Waals surface area contributed by atoms with Gasteiger partial charge in [-0.2, -0.15) is 0 Å². The van der Waals surface area contributed by atoms with Crippen molar-refractivity contribution < 1.29 is 17.5 Å². The third kappa shape index (κ3) is 4.49. The Morgan fingerprint density at radius 2 is 2.15 bits per heavy atom. The monoisotopic (exact) mass is 368 g/mol. The molecule has 0 saturated carbocycles. The van der Waals surface area contributed by atoms with Crippen molar-refractivity contribution in [2.24, 2.45) is 5.73 Å². The van der Waals surface area contributed by atoms with Gasteiger partial charge in [0.1, 0.15) is 10.7 Å². The van der Waals surface area contributed by atoms with E-state index in [-0.39, 0.29) is 18.2 Å². The van der Waals surface area contributed by atoms with Gasteiger partial charge in [0.2, 0.25) is 10.0 Å². The summed E-state index contributed by atoms with van der Waals surface area (Å²) in [6.45, 7) is 2.03. The van der Waals surface area contributed by atoms with Crippen LogP contribution in [0.1, 0.15) is 18.9 Å². The molecule has 0 bridgehead atoms. The van der Waals surface area contributed by atoms with Crippen LogP contribution in [-0.4, -0.2) is 28.2 Å². The summed E-state index contributed by atoms with van der Waals surface area (Å²) >= 11 is 3.15. The van der Waals surface area contributed by atoms with Gasteiger partial charge in [-0.15, -0.1) is 0 Å². The van der Waals surface area contributed by atoms with Crippen molar-refractivity contribution in [2.75, 3.05) is 13.7 Å². The van der Waals surface area contributed by atoms with Gasteiger partial charge in [-0.1, -0.05) is 15.9 Å². The number of nitrogens with one attached hydrogen (secondary N) is 1. The Morgan fingerprint density at radius 1 is 1.50 bits per heavy atom. The lowest BCUT2D eigenvalue weighted by atomic mass is 10.2. The molecule has 20 heavy (non-hydrogen) atoms. The Balaban J connectivity index is 3.06. The number of ether oxygens (including phenoxy) is 1. The fourth-order valence-electron chi connectivity index (χ4n) is 1.64. The first-order valence-corrected chi connectivity index (χ1v) is 8.28. The van der Waals surface area contributed by atoms with Gasteiger partial charge in [0, 0.05) is 36.3 Å². The molecule has 0 aliphatic rings. The van der Waals surface area contributed by atoms with E-state index in [0.717, 1.165) is 0 Å². The second-order valence-corrected chi connectivity index (χ2v) is 6.98. The average Bonchev–Trinajstić information content (AvgIpc) is 2.37. The molecule has 0 aliphatic carbocycles. The van der Waals surface area contributed by atoms with E-state index in [0.29, 0.717) is 17.5 Å². The molecule has 0 heterocycles. The molecule has 0 spiro atoms. The van der Waals surface area contributed by atoms with Crippen LogP contribution in [0.4, 0.5) is 4.39 Å². The standard InChI is InChI=1S/C12H18BrFN2O3S/c1-8(3-4-19-2)16-20(17,18)11-6-10(13)5-9(7-15)12(11)14/h5-6,8,16H,3-4,7,15H2,1-2H3. The number of sulfonamides is 1. The van der Waals surface area contributed by atoms with E-state index in [1.807, 2.05) is 0 Å². The van der Waals surface area contributed by atoms with Gasteiger partial charge in [-0.25, -0.2) is 17.5 Å². The Kier molecular flexibility index (Phi) is 6.53. The molecule has 1 atom stereocenters. The number of methoxy groups -OCH3 is 1. The van der Waals surface area contributed by atoms with E-state index in [1.165, 1.54) is 19.2 Å². The molecule has 0 aliphatic heterocycles. The van der Waals surface area contributed by atoms with E-state index in [9.17, 15) is 12.8 Å². The Labute approximate surface area is 126 Å². The maximum Gasteiger partial charge on any atom is 0.243 e. The van der Waals surface area contributed by atoms with Crippen molar-refractivity contribution in [3.8, 4) is 0 Å². The molecule has 0 fully saturated rings. The number of halogens is 2. The summed E-state index contributed by atoms with van der Waals surface area (Å²) in [7, 11) is -2.41. The molecular formula is C12H18BrFN2O3S. The summed E-state index contributed by atoms with van der Waals surface area (Å²) in [5.74, 6) is -0.817. The van der Waals surface area contributed by atoms with Crippen LogP contribution >= 0.6 is 15.9 Å². The fraction of sp³-hybridized carbons (Fsp3) is 0.500. The van der Waals surface area contributed by atoms with E-state index in [2.05, 4.69) is 20.7 Å². The molecule has 0 radical (unpaired) electrons. The smallest absolute Gasteiger partial charge is 0.243 e. The van der Waals surface area contributed by atoms with Crippen LogP contribution in [0.3, 0.4) is 0 Å². The summed E-state index contributed by atoms with van der Waals surface area (Å²) in [6.07, 6.45) is 0.495. The van der Waals surface area contributed by atoms with Crippen molar-refractivity contribution in [3.05, 3.63) is 28.0 Å². The average molecular weight is 369 g/mol. The third-order valence-corrected chi connectivity index (χ3v) is 4.75. The summed E-state index contributed by atoms with van der Waals surface area (Å²) in [4.78, 5) is -0.406. The molecule has 1 unspecified atom stereocenters. The van der Waals surface area contributed by atoms with Gasteiger partial charge >= 0.3 is 0 Å². The number of benzene rings is 1. The van der Waals surface area contributed by atoms with Crippen LogP contribution < -0.4 is 10.5 Å². The predicted octanol–water partition coefficient (Wildman–Crippen LogP) is 1.75. The van der Waals surface area contributed by atoms with Crippen molar-refractivity contribution in [3.63, 3.8) is 0 Å². The lowest BCUT2D eigenvalue weighted by molar-refractivity contribution is 0.188. The first kappa shape index (κ1) is 17.5. The highest BCUT2D eigenvalue weighted by molar-refractivity contribution is 9.10. The van der Waals surface area contributed by atoms with E-state index >= 15 is 0 Å². The first-order valence-electron chi connectivity index (χ1n) is 6.01. The minimum atomic E-state index is -3.94. The zero-order chi connectivity index (χ0) is 15.3. The Bertz CT molecular complexity index is 566. The van der Waals surface area contributed by atoms with Crippen molar-refractivity contribution in [1.82, 2.24) is 4.72 Å². The van der Waals surface area contributed by atoms with Gasteiger partial charge in [-0.05, 0) is 25.5 Å². The quantitative estimate of drug-likeness (QED) is 0.767. The van der Waals surface area contributed by atoms with Crippen LogP contribution in [0, 0.1) is 5.82 Å². The second kappa shape index (κ2) is 7.46. The largest absolute Gasteiger partial charge is 0.385 e. The fourth-order valence-corrected chi connectivity index (χ4v) is 3.72.